The molecule has 0 saturated carbocycles. The van der Waals surface area contributed by atoms with E-state index in [1.54, 1.807) is 13.1 Å². The molecule has 0 radical (unpaired) electrons. The monoisotopic (exact) mass is 175 g/mol. The number of rotatable bonds is 4. The molecular weight excluding hydrogens is 158 g/mol. The first kappa shape index (κ1) is 11.6. The minimum absolute atomic E-state index is 0.940. The summed E-state index contributed by atoms with van der Waals surface area (Å²) in [6.07, 6.45) is 7.59. The molecule has 0 aliphatic carbocycles. The zero-order valence-corrected chi connectivity index (χ0v) is 8.67. The van der Waals surface area contributed by atoms with E-state index < -0.39 is 0 Å². The Labute approximate surface area is 80.9 Å². The molecule has 0 aromatic heterocycles. The van der Waals surface area contributed by atoms with Gasteiger partial charge in [-0.2, -0.15) is 0 Å². The molecule has 0 spiro atoms. The van der Waals surface area contributed by atoms with Gasteiger partial charge < -0.3 is 0 Å². The molecule has 13 heavy (non-hydrogen) atoms. The lowest BCUT2D eigenvalue weighted by Crippen LogP contribution is -1.97. The molecule has 0 rings (SSSR count). The summed E-state index contributed by atoms with van der Waals surface area (Å²) in [7, 11) is 1.77. The summed E-state index contributed by atoms with van der Waals surface area (Å²) in [5.41, 5.74) is 3.08. The van der Waals surface area contributed by atoms with Gasteiger partial charge in [0.2, 0.25) is 0 Å². The fourth-order valence-corrected chi connectivity index (χ4v) is 0.922. The van der Waals surface area contributed by atoms with Gasteiger partial charge in [-0.05, 0) is 31.1 Å². The van der Waals surface area contributed by atoms with E-state index in [4.69, 9.17) is 0 Å². The van der Waals surface area contributed by atoms with Gasteiger partial charge >= 0.3 is 0 Å². The minimum atomic E-state index is 0.940. The second-order valence-corrected chi connectivity index (χ2v) is 2.65. The van der Waals surface area contributed by atoms with E-state index in [9.17, 15) is 0 Å². The molecule has 0 saturated heterocycles. The molecule has 0 aliphatic heterocycles. The summed E-state index contributed by atoms with van der Waals surface area (Å²) < 4.78 is 0. The summed E-state index contributed by atoms with van der Waals surface area (Å²) in [6, 6.07) is 0. The number of aliphatic imine (C=N–C) groups is 1. The van der Waals surface area contributed by atoms with E-state index in [0.717, 1.165) is 16.9 Å². The molecule has 0 aliphatic rings. The van der Waals surface area contributed by atoms with Gasteiger partial charge in [0.1, 0.15) is 0 Å². The Morgan fingerprint density at radius 1 is 1.23 bits per heavy atom. The van der Waals surface area contributed by atoms with Crippen LogP contribution in [0.15, 0.2) is 53.6 Å². The van der Waals surface area contributed by atoms with E-state index in [1.807, 2.05) is 32.1 Å². The van der Waals surface area contributed by atoms with Crippen LogP contribution in [0, 0.1) is 0 Å². The Hall–Kier alpha value is -1.37. The van der Waals surface area contributed by atoms with Gasteiger partial charge in [0.25, 0.3) is 0 Å². The van der Waals surface area contributed by atoms with Crippen molar-refractivity contribution in [2.24, 2.45) is 4.99 Å². The van der Waals surface area contributed by atoms with Crippen molar-refractivity contribution in [1.29, 1.82) is 0 Å². The van der Waals surface area contributed by atoms with Crippen molar-refractivity contribution in [2.75, 3.05) is 7.05 Å². The first-order valence-corrected chi connectivity index (χ1v) is 4.26. The van der Waals surface area contributed by atoms with Crippen LogP contribution in [0.1, 0.15) is 13.8 Å². The van der Waals surface area contributed by atoms with Crippen LogP contribution in [0.25, 0.3) is 0 Å². The smallest absolute Gasteiger partial charge is 0.0642 e. The second kappa shape index (κ2) is 6.18. The summed E-state index contributed by atoms with van der Waals surface area (Å²) >= 11 is 0. The highest BCUT2D eigenvalue weighted by atomic mass is 14.7. The quantitative estimate of drug-likeness (QED) is 0.459. The molecule has 0 amide bonds. The maximum atomic E-state index is 4.17. The highest BCUT2D eigenvalue weighted by molar-refractivity contribution is 6.10. The Balaban J connectivity index is 4.94. The first-order chi connectivity index (χ1) is 6.19. The predicted molar refractivity (Wildman–Crippen MR) is 61.3 cm³/mol. The topological polar surface area (TPSA) is 12.4 Å². The molecule has 1 heteroatoms. The van der Waals surface area contributed by atoms with Crippen molar-refractivity contribution in [3.8, 4) is 0 Å². The van der Waals surface area contributed by atoms with Gasteiger partial charge in [0.15, 0.2) is 0 Å². The van der Waals surface area contributed by atoms with Gasteiger partial charge in [-0.1, -0.05) is 31.4 Å². The highest BCUT2D eigenvalue weighted by Gasteiger charge is 1.97. The van der Waals surface area contributed by atoms with Gasteiger partial charge in [-0.3, -0.25) is 4.99 Å². The molecule has 0 unspecified atom stereocenters. The zero-order chi connectivity index (χ0) is 10.3. The van der Waals surface area contributed by atoms with E-state index in [2.05, 4.69) is 18.2 Å². The van der Waals surface area contributed by atoms with Gasteiger partial charge in [-0.15, -0.1) is 0 Å². The van der Waals surface area contributed by atoms with Crippen LogP contribution in [-0.2, 0) is 0 Å². The fraction of sp³-hybridized carbons (Fsp3) is 0.250. The van der Waals surface area contributed by atoms with E-state index in [0.29, 0.717) is 0 Å². The molecule has 0 N–H and O–H groups in total. The van der Waals surface area contributed by atoms with Gasteiger partial charge in [0.05, 0.1) is 5.71 Å². The van der Waals surface area contributed by atoms with Crippen LogP contribution < -0.4 is 0 Å². The summed E-state index contributed by atoms with van der Waals surface area (Å²) in [5.74, 6) is 0. The number of allylic oxidation sites excluding steroid dienone is 6. The molecule has 70 valence electrons. The number of nitrogens with zero attached hydrogens (tertiary/aromatic N) is 1. The summed E-state index contributed by atoms with van der Waals surface area (Å²) in [5, 5.41) is 0. The lowest BCUT2D eigenvalue weighted by molar-refractivity contribution is 1.42. The minimum Gasteiger partial charge on any atom is -0.288 e. The van der Waals surface area contributed by atoms with Crippen molar-refractivity contribution in [1.82, 2.24) is 0 Å². The molecule has 0 fully saturated rings. The normalized spacial score (nSPS) is 14.2. The van der Waals surface area contributed by atoms with Crippen molar-refractivity contribution < 1.29 is 0 Å². The van der Waals surface area contributed by atoms with Crippen LogP contribution in [0.3, 0.4) is 0 Å². The van der Waals surface area contributed by atoms with Crippen LogP contribution >= 0.6 is 0 Å². The summed E-state index contributed by atoms with van der Waals surface area (Å²) in [4.78, 5) is 4.17. The van der Waals surface area contributed by atoms with Crippen LogP contribution in [0.4, 0.5) is 0 Å². The first-order valence-electron chi connectivity index (χ1n) is 4.26. The van der Waals surface area contributed by atoms with Crippen molar-refractivity contribution in [2.45, 2.75) is 13.8 Å². The summed E-state index contributed by atoms with van der Waals surface area (Å²) in [6.45, 7) is 11.4. The Kier molecular flexibility index (Phi) is 5.53. The molecule has 0 aromatic carbocycles. The van der Waals surface area contributed by atoms with Crippen molar-refractivity contribution in [3.63, 3.8) is 0 Å². The maximum Gasteiger partial charge on any atom is 0.0642 e. The largest absolute Gasteiger partial charge is 0.288 e. The Morgan fingerprint density at radius 2 is 1.85 bits per heavy atom. The van der Waals surface area contributed by atoms with Crippen LogP contribution in [0.5, 0.6) is 0 Å². The third-order valence-corrected chi connectivity index (χ3v) is 1.75. The third-order valence-electron chi connectivity index (χ3n) is 1.75. The maximum absolute atomic E-state index is 4.17. The lowest BCUT2D eigenvalue weighted by atomic mass is 10.1. The SMILES string of the molecule is C=C/C(C)=C\C(=NC)/C(C=C)=C/C. The van der Waals surface area contributed by atoms with Crippen molar-refractivity contribution in [3.05, 3.63) is 48.6 Å². The number of hydrogen-bond acceptors (Lipinski definition) is 1. The molecule has 0 heterocycles. The Bertz CT molecular complexity index is 277. The average Bonchev–Trinajstić information content (AvgIpc) is 2.17. The molecule has 0 atom stereocenters. The average molecular weight is 175 g/mol. The molecule has 1 nitrogen and oxygen atoms in total. The molecule has 0 bridgehead atoms. The van der Waals surface area contributed by atoms with Gasteiger partial charge in [-0.25, -0.2) is 0 Å². The van der Waals surface area contributed by atoms with E-state index in [-0.39, 0.29) is 0 Å². The molecule has 0 aromatic rings. The zero-order valence-electron chi connectivity index (χ0n) is 8.67. The van der Waals surface area contributed by atoms with E-state index >= 15 is 0 Å². The second-order valence-electron chi connectivity index (χ2n) is 2.65. The number of hydrogen-bond donors (Lipinski definition) is 0. The third kappa shape index (κ3) is 3.70. The Morgan fingerprint density at radius 3 is 2.15 bits per heavy atom. The predicted octanol–water partition coefficient (Wildman–Crippen LogP) is 3.32. The van der Waals surface area contributed by atoms with Crippen LogP contribution in [0.2, 0.25) is 0 Å². The highest BCUT2D eigenvalue weighted by Crippen LogP contribution is 2.04. The lowest BCUT2D eigenvalue weighted by Gasteiger charge is -2.01. The fourth-order valence-electron chi connectivity index (χ4n) is 0.922. The van der Waals surface area contributed by atoms with Gasteiger partial charge in [0, 0.05) is 7.05 Å². The van der Waals surface area contributed by atoms with Crippen molar-refractivity contribution >= 4 is 5.71 Å². The molecular formula is C12H17N. The van der Waals surface area contributed by atoms with E-state index in [1.165, 1.54) is 0 Å². The van der Waals surface area contributed by atoms with Crippen LogP contribution in [-0.4, -0.2) is 12.8 Å². The standard InChI is InChI=1S/C12H17N/c1-6-10(4)9-12(13-5)11(7-2)8-3/h6-9H,1-2H2,3-5H3/b10-9-,11-8+,13-12?.